The number of benzene rings is 2. The zero-order valence-corrected chi connectivity index (χ0v) is 14.3. The number of hydrogen-bond acceptors (Lipinski definition) is 2. The molecule has 0 aliphatic rings. The molecule has 1 unspecified atom stereocenters. The smallest absolute Gasteiger partial charge is 0.326 e. The molecule has 6 heteroatoms. The molecule has 0 fully saturated rings. The average molecular weight is 357 g/mol. The molecule has 1 aromatic heterocycles. The van der Waals surface area contributed by atoms with Gasteiger partial charge >= 0.3 is 5.97 Å². The number of carboxylic acids is 1. The van der Waals surface area contributed by atoms with Crippen molar-refractivity contribution in [2.75, 3.05) is 5.32 Å². The number of aryl methyl sites for hydroxylation is 1. The predicted molar refractivity (Wildman–Crippen MR) is 98.2 cm³/mol. The van der Waals surface area contributed by atoms with Gasteiger partial charge in [-0.05, 0) is 30.7 Å². The van der Waals surface area contributed by atoms with Crippen molar-refractivity contribution in [1.29, 1.82) is 0 Å². The first-order chi connectivity index (χ1) is 12.0. The zero-order valence-electron chi connectivity index (χ0n) is 13.6. The van der Waals surface area contributed by atoms with Crippen LogP contribution < -0.4 is 5.32 Å². The molecule has 1 atom stereocenters. The molecule has 0 saturated carbocycles. The van der Waals surface area contributed by atoms with Crippen LogP contribution >= 0.6 is 11.6 Å². The van der Waals surface area contributed by atoms with E-state index in [9.17, 15) is 9.59 Å². The first-order valence-electron chi connectivity index (χ1n) is 7.87. The third-order valence-corrected chi connectivity index (χ3v) is 4.49. The van der Waals surface area contributed by atoms with Crippen LogP contribution in [0.2, 0.25) is 0 Å². The SMILES string of the molecule is CCn1cc(C(=O)Nc2ccc(C(Cl)C(=O)O)cc2)c2ccccc21. The van der Waals surface area contributed by atoms with Crippen LogP contribution in [0, 0.1) is 0 Å². The van der Waals surface area contributed by atoms with Crippen LogP contribution in [0.5, 0.6) is 0 Å². The number of carbonyl (C=O) groups is 2. The van der Waals surface area contributed by atoms with Gasteiger partial charge in [0.15, 0.2) is 5.38 Å². The van der Waals surface area contributed by atoms with Gasteiger partial charge in [-0.15, -0.1) is 11.6 Å². The molecule has 3 rings (SSSR count). The first kappa shape index (κ1) is 17.0. The van der Waals surface area contributed by atoms with Crippen LogP contribution in [-0.2, 0) is 11.3 Å². The molecule has 0 saturated heterocycles. The number of carbonyl (C=O) groups excluding carboxylic acids is 1. The summed E-state index contributed by atoms with van der Waals surface area (Å²) in [6.45, 7) is 2.80. The Bertz CT molecular complexity index is 931. The number of para-hydroxylation sites is 1. The van der Waals surface area contributed by atoms with E-state index in [0.29, 0.717) is 16.8 Å². The second-order valence-corrected chi connectivity index (χ2v) is 6.06. The lowest BCUT2D eigenvalue weighted by Crippen LogP contribution is -2.12. The minimum Gasteiger partial charge on any atom is -0.480 e. The van der Waals surface area contributed by atoms with Crippen molar-refractivity contribution in [1.82, 2.24) is 4.57 Å². The number of amides is 1. The minimum absolute atomic E-state index is 0.211. The fourth-order valence-electron chi connectivity index (χ4n) is 2.77. The molecule has 1 amide bonds. The van der Waals surface area contributed by atoms with Gasteiger partial charge in [-0.3, -0.25) is 9.59 Å². The maximum atomic E-state index is 12.6. The van der Waals surface area contributed by atoms with Gasteiger partial charge in [-0.1, -0.05) is 30.3 Å². The lowest BCUT2D eigenvalue weighted by atomic mass is 10.1. The highest BCUT2D eigenvalue weighted by Gasteiger charge is 2.17. The molecule has 3 aromatic rings. The van der Waals surface area contributed by atoms with E-state index in [4.69, 9.17) is 16.7 Å². The van der Waals surface area contributed by atoms with Crippen LogP contribution in [-0.4, -0.2) is 21.6 Å². The largest absolute Gasteiger partial charge is 0.480 e. The summed E-state index contributed by atoms with van der Waals surface area (Å²) < 4.78 is 2.03. The van der Waals surface area contributed by atoms with Gasteiger partial charge in [-0.2, -0.15) is 0 Å². The summed E-state index contributed by atoms with van der Waals surface area (Å²) in [7, 11) is 0. The Morgan fingerprint density at radius 1 is 1.16 bits per heavy atom. The zero-order chi connectivity index (χ0) is 18.0. The summed E-state index contributed by atoms with van der Waals surface area (Å²) in [5.74, 6) is -1.32. The lowest BCUT2D eigenvalue weighted by molar-refractivity contribution is -0.136. The number of nitrogens with zero attached hydrogens (tertiary/aromatic N) is 1. The van der Waals surface area contributed by atoms with Crippen molar-refractivity contribution in [2.45, 2.75) is 18.8 Å². The van der Waals surface area contributed by atoms with Crippen LogP contribution in [0.3, 0.4) is 0 Å². The third kappa shape index (κ3) is 3.37. The number of rotatable bonds is 5. The molecule has 2 aromatic carbocycles. The molecule has 0 radical (unpaired) electrons. The van der Waals surface area contributed by atoms with Gasteiger partial charge in [0, 0.05) is 29.3 Å². The van der Waals surface area contributed by atoms with Crippen molar-refractivity contribution in [3.05, 3.63) is 65.9 Å². The quantitative estimate of drug-likeness (QED) is 0.670. The molecule has 128 valence electrons. The Kier molecular flexibility index (Phi) is 4.76. The highest BCUT2D eigenvalue weighted by atomic mass is 35.5. The monoisotopic (exact) mass is 356 g/mol. The Hall–Kier alpha value is -2.79. The fourth-order valence-corrected chi connectivity index (χ4v) is 2.91. The number of fused-ring (bicyclic) bond motifs is 1. The Morgan fingerprint density at radius 2 is 1.84 bits per heavy atom. The number of anilines is 1. The molecule has 0 aliphatic heterocycles. The van der Waals surface area contributed by atoms with Crippen LogP contribution in [0.4, 0.5) is 5.69 Å². The molecule has 25 heavy (non-hydrogen) atoms. The van der Waals surface area contributed by atoms with Gasteiger partial charge in [0.05, 0.1) is 5.56 Å². The van der Waals surface area contributed by atoms with Gasteiger partial charge in [0.1, 0.15) is 0 Å². The number of alkyl halides is 1. The van der Waals surface area contributed by atoms with E-state index in [1.807, 2.05) is 42.0 Å². The highest BCUT2D eigenvalue weighted by Crippen LogP contribution is 2.24. The third-order valence-electron chi connectivity index (χ3n) is 4.05. The second kappa shape index (κ2) is 6.99. The number of aliphatic carboxylic acids is 1. The fraction of sp³-hybridized carbons (Fsp3) is 0.158. The van der Waals surface area contributed by atoms with E-state index in [-0.39, 0.29) is 5.91 Å². The number of aromatic nitrogens is 1. The highest BCUT2D eigenvalue weighted by molar-refractivity contribution is 6.29. The summed E-state index contributed by atoms with van der Waals surface area (Å²) in [5, 5.41) is 11.6. The molecule has 0 spiro atoms. The predicted octanol–water partition coefficient (Wildman–Crippen LogP) is 4.28. The van der Waals surface area contributed by atoms with Crippen molar-refractivity contribution in [3.8, 4) is 0 Å². The van der Waals surface area contributed by atoms with Crippen molar-refractivity contribution >= 4 is 40.1 Å². The van der Waals surface area contributed by atoms with E-state index in [0.717, 1.165) is 17.4 Å². The van der Waals surface area contributed by atoms with Gasteiger partial charge < -0.3 is 15.0 Å². The maximum Gasteiger partial charge on any atom is 0.326 e. The van der Waals surface area contributed by atoms with Gasteiger partial charge in [-0.25, -0.2) is 0 Å². The van der Waals surface area contributed by atoms with Gasteiger partial charge in [0.2, 0.25) is 0 Å². The molecule has 0 bridgehead atoms. The van der Waals surface area contributed by atoms with E-state index < -0.39 is 11.3 Å². The first-order valence-corrected chi connectivity index (χ1v) is 8.31. The van der Waals surface area contributed by atoms with E-state index in [1.54, 1.807) is 24.3 Å². The topological polar surface area (TPSA) is 71.3 Å². The summed E-state index contributed by atoms with van der Waals surface area (Å²) in [6, 6.07) is 14.2. The van der Waals surface area contributed by atoms with E-state index >= 15 is 0 Å². The molecule has 1 heterocycles. The van der Waals surface area contributed by atoms with Crippen LogP contribution in [0.1, 0.15) is 28.2 Å². The number of carboxylic acid groups (broad SMARTS) is 1. The summed E-state index contributed by atoms with van der Waals surface area (Å²) >= 11 is 5.79. The second-order valence-electron chi connectivity index (χ2n) is 5.62. The van der Waals surface area contributed by atoms with E-state index in [2.05, 4.69) is 5.32 Å². The standard InChI is InChI=1S/C19H17ClN2O3/c1-2-22-11-15(14-5-3-4-6-16(14)22)18(23)21-13-9-7-12(8-10-13)17(20)19(24)25/h3-11,17H,2H2,1H3,(H,21,23)(H,24,25). The van der Waals surface area contributed by atoms with Crippen molar-refractivity contribution in [2.24, 2.45) is 0 Å². The molecular weight excluding hydrogens is 340 g/mol. The lowest BCUT2D eigenvalue weighted by Gasteiger charge is -2.07. The number of halogens is 1. The molecule has 2 N–H and O–H groups in total. The summed E-state index contributed by atoms with van der Waals surface area (Å²) in [4.78, 5) is 23.5. The minimum atomic E-state index is -1.11. The normalized spacial score (nSPS) is 12.1. The maximum absolute atomic E-state index is 12.6. The Morgan fingerprint density at radius 3 is 2.48 bits per heavy atom. The number of nitrogens with one attached hydrogen (secondary N) is 1. The van der Waals surface area contributed by atoms with Crippen LogP contribution in [0.15, 0.2) is 54.7 Å². The molecular formula is C19H17ClN2O3. The van der Waals surface area contributed by atoms with E-state index in [1.165, 1.54) is 0 Å². The number of hydrogen-bond donors (Lipinski definition) is 2. The summed E-state index contributed by atoms with van der Waals surface area (Å²) in [5.41, 5.74) is 2.66. The van der Waals surface area contributed by atoms with Crippen LogP contribution in [0.25, 0.3) is 10.9 Å². The average Bonchev–Trinajstić information content (AvgIpc) is 3.00. The Labute approximate surface area is 149 Å². The molecule has 5 nitrogen and oxygen atoms in total. The molecule has 0 aliphatic carbocycles. The summed E-state index contributed by atoms with van der Waals surface area (Å²) in [6.07, 6.45) is 1.84. The van der Waals surface area contributed by atoms with Gasteiger partial charge in [0.25, 0.3) is 5.91 Å². The Balaban J connectivity index is 1.84. The van der Waals surface area contributed by atoms with Crippen molar-refractivity contribution < 1.29 is 14.7 Å². The van der Waals surface area contributed by atoms with Crippen molar-refractivity contribution in [3.63, 3.8) is 0 Å².